The number of fused-ring (bicyclic) bond motifs is 1. The number of ether oxygens (including phenoxy) is 1. The fourth-order valence-corrected chi connectivity index (χ4v) is 1.35. The molecule has 2 aromatic rings. The van der Waals surface area contributed by atoms with Crippen LogP contribution in [-0.4, -0.2) is 26.2 Å². The van der Waals surface area contributed by atoms with Crippen molar-refractivity contribution in [1.29, 1.82) is 0 Å². The molecular weight excluding hydrogens is 206 g/mol. The minimum atomic E-state index is -0.507. The molecule has 0 saturated heterocycles. The molecule has 0 aliphatic carbocycles. The van der Waals surface area contributed by atoms with Crippen LogP contribution in [0.3, 0.4) is 0 Å². The first kappa shape index (κ1) is 10.6. The highest BCUT2D eigenvalue weighted by Crippen LogP contribution is 2.12. The molecule has 0 spiro atoms. The molecule has 5 nitrogen and oxygen atoms in total. The van der Waals surface area contributed by atoms with Crippen LogP contribution >= 0.6 is 0 Å². The fourth-order valence-electron chi connectivity index (χ4n) is 1.35. The van der Waals surface area contributed by atoms with Crippen molar-refractivity contribution in [3.63, 3.8) is 0 Å². The largest absolute Gasteiger partial charge is 0.455 e. The van der Waals surface area contributed by atoms with Gasteiger partial charge in [-0.2, -0.15) is 0 Å². The van der Waals surface area contributed by atoms with Gasteiger partial charge >= 0.3 is 5.97 Å². The third kappa shape index (κ3) is 2.03. The van der Waals surface area contributed by atoms with Crippen LogP contribution in [0.1, 0.15) is 31.3 Å². The van der Waals surface area contributed by atoms with Crippen LogP contribution in [0.5, 0.6) is 0 Å². The van der Waals surface area contributed by atoms with E-state index in [1.807, 2.05) is 20.8 Å². The van der Waals surface area contributed by atoms with Gasteiger partial charge in [-0.05, 0) is 32.9 Å². The Kier molecular flexibility index (Phi) is 2.38. The van der Waals surface area contributed by atoms with Gasteiger partial charge < -0.3 is 4.74 Å². The quantitative estimate of drug-likeness (QED) is 0.685. The highest BCUT2D eigenvalue weighted by atomic mass is 16.6. The molecule has 2 heterocycles. The molecule has 84 valence electrons. The Hall–Kier alpha value is -1.91. The van der Waals surface area contributed by atoms with Crippen LogP contribution in [0.2, 0.25) is 0 Å². The van der Waals surface area contributed by atoms with Crippen molar-refractivity contribution in [2.45, 2.75) is 26.4 Å². The summed E-state index contributed by atoms with van der Waals surface area (Å²) in [6.45, 7) is 5.49. The lowest BCUT2D eigenvalue weighted by atomic mass is 10.2. The van der Waals surface area contributed by atoms with Crippen LogP contribution in [0.15, 0.2) is 24.5 Å². The maximum atomic E-state index is 11.9. The van der Waals surface area contributed by atoms with Crippen LogP contribution in [0.4, 0.5) is 0 Å². The van der Waals surface area contributed by atoms with Gasteiger partial charge in [-0.1, -0.05) is 6.07 Å². The number of hydrogen-bond acceptors (Lipinski definition) is 4. The van der Waals surface area contributed by atoms with E-state index in [0.29, 0.717) is 11.3 Å². The third-order valence-corrected chi connectivity index (χ3v) is 1.94. The number of carbonyl (C=O) groups is 1. The molecule has 0 radical (unpaired) electrons. The van der Waals surface area contributed by atoms with E-state index < -0.39 is 5.60 Å². The highest BCUT2D eigenvalue weighted by Gasteiger charge is 2.19. The number of pyridine rings is 1. The third-order valence-electron chi connectivity index (χ3n) is 1.94. The van der Waals surface area contributed by atoms with E-state index in [4.69, 9.17) is 4.74 Å². The average molecular weight is 219 g/mol. The number of nitrogens with zero attached hydrogens (tertiary/aromatic N) is 3. The van der Waals surface area contributed by atoms with Crippen molar-refractivity contribution in [2.75, 3.05) is 0 Å². The van der Waals surface area contributed by atoms with Crippen molar-refractivity contribution in [2.24, 2.45) is 0 Å². The van der Waals surface area contributed by atoms with E-state index in [9.17, 15) is 4.79 Å². The molecule has 2 rings (SSSR count). The molecule has 2 aromatic heterocycles. The molecule has 0 amide bonds. The van der Waals surface area contributed by atoms with Crippen LogP contribution in [-0.2, 0) is 4.74 Å². The molecule has 0 aromatic carbocycles. The predicted molar refractivity (Wildman–Crippen MR) is 58.2 cm³/mol. The van der Waals surface area contributed by atoms with Gasteiger partial charge in [0.2, 0.25) is 0 Å². The maximum Gasteiger partial charge on any atom is 0.355 e. The van der Waals surface area contributed by atoms with E-state index in [1.54, 1.807) is 22.6 Å². The number of aromatic nitrogens is 3. The van der Waals surface area contributed by atoms with Crippen molar-refractivity contribution >= 4 is 11.6 Å². The molecule has 0 bridgehead atoms. The molecule has 0 aliphatic rings. The summed E-state index contributed by atoms with van der Waals surface area (Å²) < 4.78 is 6.89. The lowest BCUT2D eigenvalue weighted by molar-refractivity contribution is 0.00611. The summed E-state index contributed by atoms with van der Waals surface area (Å²) >= 11 is 0. The second-order valence-electron chi connectivity index (χ2n) is 4.47. The summed E-state index contributed by atoms with van der Waals surface area (Å²) in [7, 11) is 0. The van der Waals surface area contributed by atoms with Gasteiger partial charge in [-0.3, -0.25) is 4.40 Å². The van der Waals surface area contributed by atoms with E-state index >= 15 is 0 Å². The number of hydrogen-bond donors (Lipinski definition) is 0. The highest BCUT2D eigenvalue weighted by molar-refractivity contribution is 5.88. The number of carbonyl (C=O) groups excluding carboxylic acids is 1. The molecule has 0 saturated carbocycles. The van der Waals surface area contributed by atoms with Crippen molar-refractivity contribution in [1.82, 2.24) is 14.6 Å². The fraction of sp³-hybridized carbons (Fsp3) is 0.364. The Morgan fingerprint density at radius 1 is 1.38 bits per heavy atom. The Morgan fingerprint density at radius 3 is 2.81 bits per heavy atom. The van der Waals surface area contributed by atoms with E-state index in [2.05, 4.69) is 10.2 Å². The Labute approximate surface area is 93.1 Å². The zero-order chi connectivity index (χ0) is 11.8. The standard InChI is InChI=1S/C11H13N3O2/c1-11(2,3)16-10(15)8-5-4-6-9-13-12-7-14(8)9/h4-7H,1-3H3. The first-order valence-electron chi connectivity index (χ1n) is 4.99. The predicted octanol–water partition coefficient (Wildman–Crippen LogP) is 1.68. The normalized spacial score (nSPS) is 11.7. The molecule has 5 heteroatoms. The monoisotopic (exact) mass is 219 g/mol. The van der Waals surface area contributed by atoms with Gasteiger partial charge in [-0.15, -0.1) is 10.2 Å². The summed E-state index contributed by atoms with van der Waals surface area (Å²) in [6.07, 6.45) is 1.49. The molecule has 0 fully saturated rings. The van der Waals surface area contributed by atoms with Gasteiger partial charge in [0.15, 0.2) is 5.65 Å². The molecule has 16 heavy (non-hydrogen) atoms. The maximum absolute atomic E-state index is 11.9. The van der Waals surface area contributed by atoms with Gasteiger partial charge in [0.25, 0.3) is 0 Å². The summed E-state index contributed by atoms with van der Waals surface area (Å²) in [5.74, 6) is -0.377. The second-order valence-corrected chi connectivity index (χ2v) is 4.47. The Morgan fingerprint density at radius 2 is 2.12 bits per heavy atom. The molecular formula is C11H13N3O2. The smallest absolute Gasteiger partial charge is 0.355 e. The minimum Gasteiger partial charge on any atom is -0.455 e. The summed E-state index contributed by atoms with van der Waals surface area (Å²) in [4.78, 5) is 11.9. The Balaban J connectivity index is 2.40. The summed E-state index contributed by atoms with van der Waals surface area (Å²) in [6, 6.07) is 5.22. The van der Waals surface area contributed by atoms with Crippen LogP contribution in [0.25, 0.3) is 5.65 Å². The second kappa shape index (κ2) is 3.59. The van der Waals surface area contributed by atoms with Crippen LogP contribution in [0, 0.1) is 0 Å². The number of esters is 1. The summed E-state index contributed by atoms with van der Waals surface area (Å²) in [5, 5.41) is 7.61. The van der Waals surface area contributed by atoms with E-state index in [0.717, 1.165) is 0 Å². The molecule has 0 atom stereocenters. The molecule has 0 unspecified atom stereocenters. The lowest BCUT2D eigenvalue weighted by Gasteiger charge is -2.19. The van der Waals surface area contributed by atoms with E-state index in [1.165, 1.54) is 6.33 Å². The first-order valence-corrected chi connectivity index (χ1v) is 4.99. The van der Waals surface area contributed by atoms with Gasteiger partial charge in [-0.25, -0.2) is 4.79 Å². The van der Waals surface area contributed by atoms with Crippen molar-refractivity contribution < 1.29 is 9.53 Å². The van der Waals surface area contributed by atoms with Crippen molar-refractivity contribution in [3.05, 3.63) is 30.2 Å². The van der Waals surface area contributed by atoms with Crippen molar-refractivity contribution in [3.8, 4) is 0 Å². The molecule has 0 N–H and O–H groups in total. The topological polar surface area (TPSA) is 56.5 Å². The van der Waals surface area contributed by atoms with E-state index in [-0.39, 0.29) is 5.97 Å². The minimum absolute atomic E-state index is 0.377. The van der Waals surface area contributed by atoms with Gasteiger partial charge in [0.05, 0.1) is 0 Å². The van der Waals surface area contributed by atoms with Gasteiger partial charge in [0, 0.05) is 0 Å². The average Bonchev–Trinajstić information content (AvgIpc) is 2.61. The first-order chi connectivity index (χ1) is 7.47. The molecule has 0 aliphatic heterocycles. The SMILES string of the molecule is CC(C)(C)OC(=O)c1cccc2nncn12. The Bertz CT molecular complexity index is 525. The lowest BCUT2D eigenvalue weighted by Crippen LogP contribution is -2.25. The zero-order valence-electron chi connectivity index (χ0n) is 9.47. The summed E-state index contributed by atoms with van der Waals surface area (Å²) in [5.41, 5.74) is 0.550. The van der Waals surface area contributed by atoms with Gasteiger partial charge in [0.1, 0.15) is 17.6 Å². The number of rotatable bonds is 1. The van der Waals surface area contributed by atoms with Crippen LogP contribution < -0.4 is 0 Å². The zero-order valence-corrected chi connectivity index (χ0v) is 9.47.